The second-order valence-corrected chi connectivity index (χ2v) is 9.34. The van der Waals surface area contributed by atoms with Gasteiger partial charge in [-0.3, -0.25) is 4.79 Å². The van der Waals surface area contributed by atoms with Crippen molar-refractivity contribution in [1.29, 1.82) is 0 Å². The highest BCUT2D eigenvalue weighted by Crippen LogP contribution is 2.33. The van der Waals surface area contributed by atoms with Gasteiger partial charge >= 0.3 is 0 Å². The monoisotopic (exact) mass is 463 g/mol. The van der Waals surface area contributed by atoms with Gasteiger partial charge in [-0.15, -0.1) is 0 Å². The lowest BCUT2D eigenvalue weighted by molar-refractivity contribution is -0.138. The van der Waals surface area contributed by atoms with Crippen LogP contribution in [0.1, 0.15) is 55.7 Å². The lowest BCUT2D eigenvalue weighted by atomic mass is 9.87. The minimum absolute atomic E-state index is 0.0875. The van der Waals surface area contributed by atoms with Gasteiger partial charge in [0.15, 0.2) is 6.61 Å². The highest BCUT2D eigenvalue weighted by atomic mass is 35.5. The van der Waals surface area contributed by atoms with Crippen LogP contribution in [-0.2, 0) is 15.0 Å². The SMILES string of the molecule is CC(C)(C)c1ccc(/C=N/OCC(=O)N2N=C(c3ccc(Cl)cc3)CC2c2ccco2)cc1. The number of hydrogen-bond acceptors (Lipinski definition) is 5. The van der Waals surface area contributed by atoms with E-state index in [0.717, 1.165) is 16.8 Å². The number of carbonyl (C=O) groups is 1. The number of rotatable bonds is 6. The minimum Gasteiger partial charge on any atom is -0.467 e. The lowest BCUT2D eigenvalue weighted by Gasteiger charge is -2.19. The van der Waals surface area contributed by atoms with E-state index in [-0.39, 0.29) is 24.0 Å². The molecule has 1 aliphatic heterocycles. The Balaban J connectivity index is 1.42. The zero-order valence-corrected chi connectivity index (χ0v) is 19.6. The van der Waals surface area contributed by atoms with E-state index in [1.54, 1.807) is 30.7 Å². The Morgan fingerprint density at radius 2 is 1.91 bits per heavy atom. The van der Waals surface area contributed by atoms with Gasteiger partial charge in [0.05, 0.1) is 18.2 Å². The number of hydrogen-bond donors (Lipinski definition) is 0. The van der Waals surface area contributed by atoms with E-state index in [1.165, 1.54) is 10.6 Å². The van der Waals surface area contributed by atoms with E-state index in [1.807, 2.05) is 30.3 Å². The molecule has 1 atom stereocenters. The summed E-state index contributed by atoms with van der Waals surface area (Å²) < 4.78 is 5.56. The van der Waals surface area contributed by atoms with Crippen LogP contribution in [0.5, 0.6) is 0 Å². The van der Waals surface area contributed by atoms with Gasteiger partial charge in [-0.25, -0.2) is 5.01 Å². The maximum absolute atomic E-state index is 12.9. The molecule has 1 aliphatic rings. The molecule has 1 aromatic heterocycles. The summed E-state index contributed by atoms with van der Waals surface area (Å²) in [5.41, 5.74) is 3.91. The van der Waals surface area contributed by atoms with Crippen molar-refractivity contribution in [3.8, 4) is 0 Å². The van der Waals surface area contributed by atoms with Crippen LogP contribution in [0.3, 0.4) is 0 Å². The van der Waals surface area contributed by atoms with Crippen molar-refractivity contribution in [2.24, 2.45) is 10.3 Å². The summed E-state index contributed by atoms with van der Waals surface area (Å²) in [7, 11) is 0. The van der Waals surface area contributed by atoms with Crippen molar-refractivity contribution >= 4 is 29.4 Å². The molecule has 2 aromatic carbocycles. The highest BCUT2D eigenvalue weighted by Gasteiger charge is 2.35. The fraction of sp³-hybridized carbons (Fsp3) is 0.269. The molecule has 6 nitrogen and oxygen atoms in total. The van der Waals surface area contributed by atoms with Gasteiger partial charge in [0.1, 0.15) is 11.8 Å². The molecule has 7 heteroatoms. The molecule has 0 radical (unpaired) electrons. The van der Waals surface area contributed by atoms with Gasteiger partial charge in [-0.05, 0) is 46.4 Å². The van der Waals surface area contributed by atoms with E-state index in [9.17, 15) is 4.79 Å². The Kier molecular flexibility index (Phi) is 6.65. The molecule has 2 heterocycles. The fourth-order valence-corrected chi connectivity index (χ4v) is 3.71. The predicted molar refractivity (Wildman–Crippen MR) is 130 cm³/mol. The summed E-state index contributed by atoms with van der Waals surface area (Å²) in [5, 5.41) is 10.6. The number of furan rings is 1. The van der Waals surface area contributed by atoms with E-state index in [4.69, 9.17) is 20.9 Å². The first-order valence-corrected chi connectivity index (χ1v) is 11.1. The second kappa shape index (κ2) is 9.63. The summed E-state index contributed by atoms with van der Waals surface area (Å²) in [6.07, 6.45) is 3.71. The summed E-state index contributed by atoms with van der Waals surface area (Å²) in [4.78, 5) is 18.2. The molecule has 0 aliphatic carbocycles. The van der Waals surface area contributed by atoms with Crippen LogP contribution in [-0.4, -0.2) is 29.4 Å². The normalized spacial score (nSPS) is 16.3. The van der Waals surface area contributed by atoms with Crippen molar-refractivity contribution in [3.63, 3.8) is 0 Å². The van der Waals surface area contributed by atoms with Crippen LogP contribution < -0.4 is 0 Å². The largest absolute Gasteiger partial charge is 0.467 e. The van der Waals surface area contributed by atoms with Crippen molar-refractivity contribution < 1.29 is 14.0 Å². The maximum Gasteiger partial charge on any atom is 0.284 e. The molecule has 0 spiro atoms. The Bertz CT molecular complexity index is 1140. The van der Waals surface area contributed by atoms with Gasteiger partial charge in [0.2, 0.25) is 0 Å². The Morgan fingerprint density at radius 3 is 2.55 bits per heavy atom. The molecule has 0 fully saturated rings. The van der Waals surface area contributed by atoms with Crippen molar-refractivity contribution in [3.05, 3.63) is 94.4 Å². The topological polar surface area (TPSA) is 67.4 Å². The minimum atomic E-state index is -0.337. The van der Waals surface area contributed by atoms with Crippen LogP contribution in [0.4, 0.5) is 0 Å². The van der Waals surface area contributed by atoms with Gasteiger partial charge < -0.3 is 9.25 Å². The quantitative estimate of drug-likeness (QED) is 0.334. The smallest absolute Gasteiger partial charge is 0.284 e. The highest BCUT2D eigenvalue weighted by molar-refractivity contribution is 6.30. The molecule has 170 valence electrons. The van der Waals surface area contributed by atoms with Crippen molar-refractivity contribution in [2.75, 3.05) is 6.61 Å². The third-order valence-corrected chi connectivity index (χ3v) is 5.71. The van der Waals surface area contributed by atoms with E-state index < -0.39 is 0 Å². The Labute approximate surface area is 198 Å². The predicted octanol–water partition coefficient (Wildman–Crippen LogP) is 5.96. The number of oxime groups is 1. The van der Waals surface area contributed by atoms with E-state index >= 15 is 0 Å². The summed E-state index contributed by atoms with van der Waals surface area (Å²) >= 11 is 6.00. The van der Waals surface area contributed by atoms with Gasteiger partial charge in [0, 0.05) is 11.4 Å². The molecular weight excluding hydrogens is 438 g/mol. The average molecular weight is 464 g/mol. The molecule has 0 saturated carbocycles. The maximum atomic E-state index is 12.9. The van der Waals surface area contributed by atoms with Crippen molar-refractivity contribution in [2.45, 2.75) is 38.6 Å². The first kappa shape index (κ1) is 22.8. The van der Waals surface area contributed by atoms with Crippen LogP contribution >= 0.6 is 11.6 Å². The molecule has 0 saturated heterocycles. The number of carbonyl (C=O) groups excluding carboxylic acids is 1. The van der Waals surface area contributed by atoms with Crippen LogP contribution in [0.25, 0.3) is 0 Å². The third-order valence-electron chi connectivity index (χ3n) is 5.46. The first-order valence-electron chi connectivity index (χ1n) is 10.8. The van der Waals surface area contributed by atoms with Gasteiger partial charge in [-0.2, -0.15) is 5.10 Å². The molecule has 33 heavy (non-hydrogen) atoms. The number of nitrogens with zero attached hydrogens (tertiary/aromatic N) is 3. The Morgan fingerprint density at radius 1 is 1.18 bits per heavy atom. The van der Waals surface area contributed by atoms with Crippen molar-refractivity contribution in [1.82, 2.24) is 5.01 Å². The zero-order chi connectivity index (χ0) is 23.4. The number of amides is 1. The summed E-state index contributed by atoms with van der Waals surface area (Å²) in [5.74, 6) is 0.360. The lowest BCUT2D eigenvalue weighted by Crippen LogP contribution is -2.29. The van der Waals surface area contributed by atoms with Crippen LogP contribution in [0.2, 0.25) is 5.02 Å². The standard InChI is InChI=1S/C26H26ClN3O3/c1-26(2,3)20-10-6-18(7-11-20)16-28-33-17-25(31)30-23(24-5-4-14-32-24)15-22(29-30)19-8-12-21(27)13-9-19/h4-14,16,23H,15,17H2,1-3H3/b28-16+. The molecule has 1 unspecified atom stereocenters. The van der Waals surface area contributed by atoms with E-state index in [2.05, 4.69) is 43.2 Å². The Hall–Kier alpha value is -3.38. The first-order chi connectivity index (χ1) is 15.8. The average Bonchev–Trinajstić information content (AvgIpc) is 3.47. The molecule has 4 rings (SSSR count). The number of benzene rings is 2. The number of hydrazone groups is 1. The van der Waals surface area contributed by atoms with E-state index in [0.29, 0.717) is 17.2 Å². The molecular formula is C26H26ClN3O3. The number of halogens is 1. The second-order valence-electron chi connectivity index (χ2n) is 8.91. The molecule has 0 bridgehead atoms. The zero-order valence-electron chi connectivity index (χ0n) is 18.9. The summed E-state index contributed by atoms with van der Waals surface area (Å²) in [6, 6.07) is 18.8. The third kappa shape index (κ3) is 5.52. The molecule has 0 N–H and O–H groups in total. The molecule has 3 aromatic rings. The fourth-order valence-electron chi connectivity index (χ4n) is 3.59. The van der Waals surface area contributed by atoms with Crippen LogP contribution in [0.15, 0.2) is 81.6 Å². The van der Waals surface area contributed by atoms with Crippen LogP contribution in [0, 0.1) is 0 Å². The van der Waals surface area contributed by atoms with Gasteiger partial charge in [0.25, 0.3) is 5.91 Å². The molecule has 1 amide bonds. The van der Waals surface area contributed by atoms with Gasteiger partial charge in [-0.1, -0.05) is 73.9 Å². The summed E-state index contributed by atoms with van der Waals surface area (Å²) in [6.45, 7) is 6.27.